The summed E-state index contributed by atoms with van der Waals surface area (Å²) in [5.41, 5.74) is -1.75. The maximum atomic E-state index is 13.0. The second-order valence-corrected chi connectivity index (χ2v) is 7.68. The summed E-state index contributed by atoms with van der Waals surface area (Å²) in [6.07, 6.45) is -4.77. The fourth-order valence-corrected chi connectivity index (χ4v) is 3.92. The summed E-state index contributed by atoms with van der Waals surface area (Å²) in [6, 6.07) is 5.50. The summed E-state index contributed by atoms with van der Waals surface area (Å²) in [5, 5.41) is -1.49. The Morgan fingerprint density at radius 1 is 1.08 bits per heavy atom. The number of anilines is 1. The molecule has 2 aromatic carbocycles. The lowest BCUT2D eigenvalue weighted by atomic mass is 10.2. The topological polar surface area (TPSA) is 54.5 Å². The highest BCUT2D eigenvalue weighted by molar-refractivity contribution is 7.92. The highest BCUT2D eigenvalue weighted by Crippen LogP contribution is 2.37. The van der Waals surface area contributed by atoms with Crippen LogP contribution in [0.25, 0.3) is 0 Å². The van der Waals surface area contributed by atoms with E-state index in [1.54, 1.807) is 0 Å². The second-order valence-electron chi connectivity index (χ2n) is 4.98. The molecule has 0 aliphatic carbocycles. The van der Waals surface area contributed by atoms with Crippen LogP contribution in [0.15, 0.2) is 47.4 Å². The van der Waals surface area contributed by atoms with Gasteiger partial charge < -0.3 is 0 Å². The zero-order chi connectivity index (χ0) is 19.7. The third-order valence-corrected chi connectivity index (χ3v) is 5.42. The van der Waals surface area contributed by atoms with Gasteiger partial charge in [-0.25, -0.2) is 12.8 Å². The van der Waals surface area contributed by atoms with Crippen LogP contribution in [0.4, 0.5) is 23.2 Å². The van der Waals surface area contributed by atoms with Crippen LogP contribution < -0.4 is 4.31 Å². The lowest BCUT2D eigenvalue weighted by Gasteiger charge is -2.24. The minimum atomic E-state index is -4.77. The first-order valence-electron chi connectivity index (χ1n) is 6.76. The highest BCUT2D eigenvalue weighted by atomic mass is 35.5. The van der Waals surface area contributed by atoms with Crippen LogP contribution in [-0.4, -0.2) is 20.2 Å². The lowest BCUT2D eigenvalue weighted by Crippen LogP contribution is -2.35. The van der Waals surface area contributed by atoms with E-state index in [9.17, 15) is 30.8 Å². The van der Waals surface area contributed by atoms with Gasteiger partial charge in [-0.15, -0.1) is 0 Å². The van der Waals surface area contributed by atoms with E-state index < -0.39 is 50.0 Å². The van der Waals surface area contributed by atoms with E-state index >= 15 is 0 Å². The van der Waals surface area contributed by atoms with Gasteiger partial charge in [0.2, 0.25) is 5.24 Å². The van der Waals surface area contributed by atoms with Crippen molar-refractivity contribution in [1.29, 1.82) is 0 Å². The summed E-state index contributed by atoms with van der Waals surface area (Å²) in [7, 11) is -4.54. The van der Waals surface area contributed by atoms with Crippen molar-refractivity contribution in [1.82, 2.24) is 0 Å². The van der Waals surface area contributed by atoms with Crippen LogP contribution in [0.1, 0.15) is 5.56 Å². The van der Waals surface area contributed by atoms with Crippen molar-refractivity contribution in [2.24, 2.45) is 0 Å². The van der Waals surface area contributed by atoms with Gasteiger partial charge in [0.05, 0.1) is 21.2 Å². The largest absolute Gasteiger partial charge is 0.416 e. The molecule has 0 aliphatic rings. The molecule has 26 heavy (non-hydrogen) atoms. The van der Waals surface area contributed by atoms with E-state index in [1.807, 2.05) is 0 Å². The normalized spacial score (nSPS) is 12.1. The van der Waals surface area contributed by atoms with Crippen LogP contribution in [0, 0.1) is 5.82 Å². The van der Waals surface area contributed by atoms with Crippen molar-refractivity contribution < 1.29 is 30.8 Å². The van der Waals surface area contributed by atoms with Gasteiger partial charge in [-0.3, -0.25) is 9.10 Å². The molecule has 140 valence electrons. The summed E-state index contributed by atoms with van der Waals surface area (Å²) >= 11 is 11.1. The Balaban J connectivity index is 2.65. The van der Waals surface area contributed by atoms with Crippen LogP contribution in [0.3, 0.4) is 0 Å². The van der Waals surface area contributed by atoms with Gasteiger partial charge in [-0.05, 0) is 54.1 Å². The molecule has 2 rings (SSSR count). The van der Waals surface area contributed by atoms with Crippen LogP contribution in [0.5, 0.6) is 0 Å². The van der Waals surface area contributed by atoms with Crippen molar-refractivity contribution in [2.45, 2.75) is 11.1 Å². The van der Waals surface area contributed by atoms with Crippen LogP contribution >= 0.6 is 23.2 Å². The SMILES string of the molecule is O=C(Cl)CN(c1cc(C(F)(F)F)ccc1Cl)S(=O)(=O)c1ccc(F)cc1. The monoisotopic (exact) mass is 429 g/mol. The number of rotatable bonds is 5. The number of benzene rings is 2. The molecule has 0 saturated carbocycles. The zero-order valence-electron chi connectivity index (χ0n) is 12.6. The molecule has 0 spiro atoms. The molecule has 0 N–H and O–H groups in total. The van der Waals surface area contributed by atoms with Gasteiger partial charge in [-0.2, -0.15) is 13.2 Å². The molecule has 2 aromatic rings. The Morgan fingerprint density at radius 2 is 1.65 bits per heavy atom. The molecule has 11 heteroatoms. The summed E-state index contributed by atoms with van der Waals surface area (Å²) < 4.78 is 77.7. The van der Waals surface area contributed by atoms with Crippen molar-refractivity contribution in [3.63, 3.8) is 0 Å². The van der Waals surface area contributed by atoms with E-state index in [4.69, 9.17) is 23.2 Å². The molecule has 4 nitrogen and oxygen atoms in total. The van der Waals surface area contributed by atoms with Gasteiger partial charge >= 0.3 is 6.18 Å². The Bertz CT molecular complexity index is 931. The first-order chi connectivity index (χ1) is 11.9. The molecule has 0 bridgehead atoms. The lowest BCUT2D eigenvalue weighted by molar-refractivity contribution is -0.137. The summed E-state index contributed by atoms with van der Waals surface area (Å²) in [6.45, 7) is -0.970. The number of carbonyl (C=O) groups excluding carboxylic acids is 1. The fraction of sp³-hybridized carbons (Fsp3) is 0.133. The Hall–Kier alpha value is -1.84. The minimum Gasteiger partial charge on any atom is -0.279 e. The number of alkyl halides is 3. The quantitative estimate of drug-likeness (QED) is 0.520. The molecule has 0 aliphatic heterocycles. The standard InChI is InChI=1S/C15H9Cl2F4NO3S/c16-12-6-1-9(15(19,20)21)7-13(12)22(8-14(17)23)26(24,25)11-4-2-10(18)3-5-11/h1-7H,8H2. The molecule has 0 saturated heterocycles. The van der Waals surface area contributed by atoms with Gasteiger partial charge in [0, 0.05) is 0 Å². The fourth-order valence-electron chi connectivity index (χ4n) is 2.03. The average Bonchev–Trinajstić information content (AvgIpc) is 2.52. The van der Waals surface area contributed by atoms with Crippen LogP contribution in [-0.2, 0) is 21.0 Å². The molecule has 0 fully saturated rings. The van der Waals surface area contributed by atoms with E-state index in [0.717, 1.165) is 30.3 Å². The predicted octanol–water partition coefficient (Wildman–Crippen LogP) is 4.46. The maximum absolute atomic E-state index is 13.0. The van der Waals surface area contributed by atoms with E-state index in [2.05, 4.69) is 0 Å². The zero-order valence-corrected chi connectivity index (χ0v) is 14.9. The first kappa shape index (κ1) is 20.5. The Kier molecular flexibility index (Phi) is 5.84. The molecule has 0 atom stereocenters. The molecule has 0 heterocycles. The van der Waals surface area contributed by atoms with Crippen molar-refractivity contribution in [3.8, 4) is 0 Å². The Labute approximate surface area is 156 Å². The third-order valence-electron chi connectivity index (χ3n) is 3.21. The molecule has 0 unspecified atom stereocenters. The van der Waals surface area contributed by atoms with Gasteiger partial charge in [-0.1, -0.05) is 11.6 Å². The molecule has 0 radical (unpaired) electrons. The minimum absolute atomic E-state index is 0.340. The average molecular weight is 430 g/mol. The number of halogens is 6. The van der Waals surface area contributed by atoms with E-state index in [0.29, 0.717) is 16.4 Å². The van der Waals surface area contributed by atoms with Gasteiger partial charge in [0.15, 0.2) is 0 Å². The van der Waals surface area contributed by atoms with Crippen molar-refractivity contribution in [3.05, 3.63) is 58.9 Å². The maximum Gasteiger partial charge on any atom is 0.416 e. The molecular formula is C15H9Cl2F4NO3S. The van der Waals surface area contributed by atoms with Crippen molar-refractivity contribution >= 4 is 44.2 Å². The summed E-state index contributed by atoms with van der Waals surface area (Å²) in [4.78, 5) is 10.8. The third kappa shape index (κ3) is 4.46. The number of hydrogen-bond acceptors (Lipinski definition) is 3. The van der Waals surface area contributed by atoms with E-state index in [-0.39, 0.29) is 5.02 Å². The highest BCUT2D eigenvalue weighted by Gasteiger charge is 2.34. The number of hydrogen-bond donors (Lipinski definition) is 0. The molecular weight excluding hydrogens is 421 g/mol. The second kappa shape index (κ2) is 7.42. The molecule has 0 aromatic heterocycles. The summed E-state index contributed by atoms with van der Waals surface area (Å²) in [5.74, 6) is -0.721. The number of carbonyl (C=O) groups is 1. The van der Waals surface area contributed by atoms with E-state index in [1.165, 1.54) is 0 Å². The van der Waals surface area contributed by atoms with Crippen LogP contribution in [0.2, 0.25) is 5.02 Å². The number of nitrogens with zero attached hydrogens (tertiary/aromatic N) is 1. The Morgan fingerprint density at radius 3 is 2.15 bits per heavy atom. The molecule has 0 amide bonds. The predicted molar refractivity (Wildman–Crippen MR) is 88.2 cm³/mol. The van der Waals surface area contributed by atoms with Gasteiger partial charge in [0.1, 0.15) is 12.4 Å². The van der Waals surface area contributed by atoms with Crippen molar-refractivity contribution in [2.75, 3.05) is 10.8 Å². The first-order valence-corrected chi connectivity index (χ1v) is 8.96. The number of sulfonamides is 1. The smallest absolute Gasteiger partial charge is 0.279 e. The van der Waals surface area contributed by atoms with Gasteiger partial charge in [0.25, 0.3) is 10.0 Å².